The molecule has 1 aromatic rings. The van der Waals surface area contributed by atoms with Gasteiger partial charge in [-0.1, -0.05) is 6.92 Å². The van der Waals surface area contributed by atoms with E-state index < -0.39 is 0 Å². The van der Waals surface area contributed by atoms with Crippen molar-refractivity contribution in [2.24, 2.45) is 0 Å². The Labute approximate surface area is 66.1 Å². The van der Waals surface area contributed by atoms with Gasteiger partial charge in [0.2, 0.25) is 0 Å². The molecule has 11 heavy (non-hydrogen) atoms. The Kier molecular flexibility index (Phi) is 2.54. The molecule has 0 saturated carbocycles. The predicted octanol–water partition coefficient (Wildman–Crippen LogP) is 0.840. The molecule has 1 aromatic heterocycles. The lowest BCUT2D eigenvalue weighted by molar-refractivity contribution is 0.275. The molecule has 1 N–H and O–H groups in total. The van der Waals surface area contributed by atoms with E-state index in [0.717, 1.165) is 17.8 Å². The summed E-state index contributed by atoms with van der Waals surface area (Å²) in [4.78, 5) is 8.30. The van der Waals surface area contributed by atoms with E-state index in [1.54, 1.807) is 6.20 Å². The van der Waals surface area contributed by atoms with Crippen LogP contribution in [0.15, 0.2) is 6.20 Å². The predicted molar refractivity (Wildman–Crippen MR) is 42.1 cm³/mol. The Balaban J connectivity index is 3.02. The van der Waals surface area contributed by atoms with Crippen molar-refractivity contribution >= 4 is 0 Å². The van der Waals surface area contributed by atoms with Crippen LogP contribution in [0, 0.1) is 6.92 Å². The Morgan fingerprint density at radius 3 is 2.82 bits per heavy atom. The maximum Gasteiger partial charge on any atom is 0.0873 e. The zero-order valence-corrected chi connectivity index (χ0v) is 6.83. The molecule has 3 nitrogen and oxygen atoms in total. The van der Waals surface area contributed by atoms with Gasteiger partial charge in [0, 0.05) is 6.20 Å². The van der Waals surface area contributed by atoms with Crippen molar-refractivity contribution in [2.75, 3.05) is 0 Å². The van der Waals surface area contributed by atoms with Crippen LogP contribution in [0.5, 0.6) is 0 Å². The molecule has 0 fully saturated rings. The molecule has 0 aliphatic carbocycles. The number of aromatic nitrogens is 2. The number of rotatable bonds is 2. The zero-order chi connectivity index (χ0) is 8.27. The van der Waals surface area contributed by atoms with E-state index in [-0.39, 0.29) is 6.61 Å². The van der Waals surface area contributed by atoms with Gasteiger partial charge < -0.3 is 5.11 Å². The monoisotopic (exact) mass is 152 g/mol. The molecule has 1 rings (SSSR count). The maximum absolute atomic E-state index is 8.84. The lowest BCUT2D eigenvalue weighted by Crippen LogP contribution is -2.00. The largest absolute Gasteiger partial charge is 0.390 e. The molecular formula is C8H12N2O. The van der Waals surface area contributed by atoms with E-state index in [1.807, 2.05) is 13.8 Å². The van der Waals surface area contributed by atoms with Crippen LogP contribution in [-0.4, -0.2) is 15.1 Å². The fraction of sp³-hybridized carbons (Fsp3) is 0.500. The summed E-state index contributed by atoms with van der Waals surface area (Å²) < 4.78 is 0. The minimum atomic E-state index is -0.0212. The molecular weight excluding hydrogens is 140 g/mol. The summed E-state index contributed by atoms with van der Waals surface area (Å²) in [5, 5.41) is 8.84. The average molecular weight is 152 g/mol. The molecule has 60 valence electrons. The quantitative estimate of drug-likeness (QED) is 0.683. The summed E-state index contributed by atoms with van der Waals surface area (Å²) in [6, 6.07) is 0. The van der Waals surface area contributed by atoms with Crippen LogP contribution in [-0.2, 0) is 13.0 Å². The molecule has 0 saturated heterocycles. The molecule has 0 aromatic carbocycles. The number of nitrogens with zero attached hydrogens (tertiary/aromatic N) is 2. The van der Waals surface area contributed by atoms with Gasteiger partial charge >= 0.3 is 0 Å². The average Bonchev–Trinajstić information content (AvgIpc) is 2.05. The van der Waals surface area contributed by atoms with Crippen molar-refractivity contribution in [1.29, 1.82) is 0 Å². The van der Waals surface area contributed by atoms with Gasteiger partial charge in [-0.3, -0.25) is 9.97 Å². The topological polar surface area (TPSA) is 46.0 Å². The Bertz CT molecular complexity index is 248. The van der Waals surface area contributed by atoms with E-state index in [1.165, 1.54) is 0 Å². The van der Waals surface area contributed by atoms with Gasteiger partial charge in [0.1, 0.15) is 0 Å². The normalized spacial score (nSPS) is 10.1. The van der Waals surface area contributed by atoms with E-state index in [4.69, 9.17) is 5.11 Å². The molecule has 0 spiro atoms. The molecule has 0 atom stereocenters. The van der Waals surface area contributed by atoms with Crippen molar-refractivity contribution in [3.63, 3.8) is 0 Å². The van der Waals surface area contributed by atoms with Gasteiger partial charge in [0.05, 0.1) is 23.7 Å². The summed E-state index contributed by atoms with van der Waals surface area (Å²) in [5.74, 6) is 0. The highest BCUT2D eigenvalue weighted by molar-refractivity contribution is 5.11. The molecule has 0 radical (unpaired) electrons. The Morgan fingerprint density at radius 1 is 1.55 bits per heavy atom. The van der Waals surface area contributed by atoms with Gasteiger partial charge in [-0.05, 0) is 13.3 Å². The van der Waals surface area contributed by atoms with Crippen molar-refractivity contribution in [3.8, 4) is 0 Å². The third kappa shape index (κ3) is 1.74. The first-order valence-corrected chi connectivity index (χ1v) is 3.70. The lowest BCUT2D eigenvalue weighted by Gasteiger charge is -2.01. The first kappa shape index (κ1) is 8.14. The van der Waals surface area contributed by atoms with Crippen LogP contribution in [0.25, 0.3) is 0 Å². The maximum atomic E-state index is 8.84. The van der Waals surface area contributed by atoms with Crippen LogP contribution >= 0.6 is 0 Å². The first-order valence-electron chi connectivity index (χ1n) is 3.70. The van der Waals surface area contributed by atoms with Crippen LogP contribution in [0.2, 0.25) is 0 Å². The number of aliphatic hydroxyl groups excluding tert-OH is 1. The minimum absolute atomic E-state index is 0.0212. The third-order valence-corrected chi connectivity index (χ3v) is 1.62. The van der Waals surface area contributed by atoms with Crippen molar-refractivity contribution in [1.82, 2.24) is 9.97 Å². The summed E-state index contributed by atoms with van der Waals surface area (Å²) >= 11 is 0. The van der Waals surface area contributed by atoms with Gasteiger partial charge in [0.25, 0.3) is 0 Å². The standard InChI is InChI=1S/C8H12N2O/c1-3-7-4-9-6(2)8(5-11)10-7/h4,11H,3,5H2,1-2H3. The fourth-order valence-electron chi connectivity index (χ4n) is 0.849. The van der Waals surface area contributed by atoms with E-state index in [9.17, 15) is 0 Å². The van der Waals surface area contributed by atoms with Crippen LogP contribution in [0.4, 0.5) is 0 Å². The van der Waals surface area contributed by atoms with Gasteiger partial charge in [-0.2, -0.15) is 0 Å². The SMILES string of the molecule is CCc1cnc(C)c(CO)n1. The van der Waals surface area contributed by atoms with E-state index >= 15 is 0 Å². The molecule has 0 amide bonds. The third-order valence-electron chi connectivity index (χ3n) is 1.62. The number of aryl methyl sites for hydroxylation is 2. The summed E-state index contributed by atoms with van der Waals surface area (Å²) in [7, 11) is 0. The van der Waals surface area contributed by atoms with Crippen molar-refractivity contribution < 1.29 is 5.11 Å². The molecule has 0 aliphatic rings. The van der Waals surface area contributed by atoms with Crippen molar-refractivity contribution in [2.45, 2.75) is 26.9 Å². The molecule has 0 unspecified atom stereocenters. The summed E-state index contributed by atoms with van der Waals surface area (Å²) in [6.45, 7) is 3.84. The van der Waals surface area contributed by atoms with Crippen LogP contribution in [0.3, 0.4) is 0 Å². The Morgan fingerprint density at radius 2 is 2.27 bits per heavy atom. The lowest BCUT2D eigenvalue weighted by atomic mass is 10.3. The van der Waals surface area contributed by atoms with Crippen molar-refractivity contribution in [3.05, 3.63) is 23.3 Å². The molecule has 0 bridgehead atoms. The zero-order valence-electron chi connectivity index (χ0n) is 6.83. The Hall–Kier alpha value is -0.960. The second-order valence-electron chi connectivity index (χ2n) is 2.41. The number of hydrogen-bond acceptors (Lipinski definition) is 3. The minimum Gasteiger partial charge on any atom is -0.390 e. The highest BCUT2D eigenvalue weighted by atomic mass is 16.3. The van der Waals surface area contributed by atoms with Crippen LogP contribution < -0.4 is 0 Å². The van der Waals surface area contributed by atoms with Gasteiger partial charge in [-0.25, -0.2) is 0 Å². The number of aliphatic hydroxyl groups is 1. The second-order valence-corrected chi connectivity index (χ2v) is 2.41. The number of hydrogen-bond donors (Lipinski definition) is 1. The smallest absolute Gasteiger partial charge is 0.0873 e. The van der Waals surface area contributed by atoms with E-state index in [2.05, 4.69) is 9.97 Å². The highest BCUT2D eigenvalue weighted by Crippen LogP contribution is 2.02. The second kappa shape index (κ2) is 3.44. The van der Waals surface area contributed by atoms with Gasteiger partial charge in [0.15, 0.2) is 0 Å². The highest BCUT2D eigenvalue weighted by Gasteiger charge is 1.99. The summed E-state index contributed by atoms with van der Waals surface area (Å²) in [5.41, 5.74) is 2.42. The molecule has 3 heteroatoms. The van der Waals surface area contributed by atoms with Crippen LogP contribution in [0.1, 0.15) is 24.0 Å². The summed E-state index contributed by atoms with van der Waals surface area (Å²) in [6.07, 6.45) is 2.61. The first-order chi connectivity index (χ1) is 5.27. The van der Waals surface area contributed by atoms with Gasteiger partial charge in [-0.15, -0.1) is 0 Å². The molecule has 0 aliphatic heterocycles. The fourth-order valence-corrected chi connectivity index (χ4v) is 0.849. The van der Waals surface area contributed by atoms with E-state index in [0.29, 0.717) is 5.69 Å². The molecule has 1 heterocycles.